The lowest BCUT2D eigenvalue weighted by atomic mass is 10.1. The van der Waals surface area contributed by atoms with Crippen molar-refractivity contribution in [3.8, 4) is 11.5 Å². The van der Waals surface area contributed by atoms with Gasteiger partial charge in [-0.1, -0.05) is 12.1 Å². The summed E-state index contributed by atoms with van der Waals surface area (Å²) in [5, 5.41) is 14.4. The van der Waals surface area contributed by atoms with Crippen molar-refractivity contribution in [2.45, 2.75) is 18.7 Å². The first-order valence-electron chi connectivity index (χ1n) is 8.04. The number of carboxylic acids is 1. The molecule has 144 valence electrons. The van der Waals surface area contributed by atoms with E-state index in [1.807, 2.05) is 6.92 Å². The normalized spacial score (nSPS) is 11.7. The van der Waals surface area contributed by atoms with Gasteiger partial charge in [0.2, 0.25) is 0 Å². The van der Waals surface area contributed by atoms with Gasteiger partial charge in [0.15, 0.2) is 0 Å². The largest absolute Gasteiger partial charge is 0.546 e. The molecule has 0 aliphatic carbocycles. The van der Waals surface area contributed by atoms with Gasteiger partial charge in [0.1, 0.15) is 18.1 Å². The van der Waals surface area contributed by atoms with Crippen molar-refractivity contribution in [1.82, 2.24) is 4.83 Å². The fourth-order valence-electron chi connectivity index (χ4n) is 2.08. The van der Waals surface area contributed by atoms with Gasteiger partial charge in [-0.3, -0.25) is 0 Å². The first kappa shape index (κ1) is 20.2. The summed E-state index contributed by atoms with van der Waals surface area (Å²) in [6.45, 7) is 3.35. The van der Waals surface area contributed by atoms with Crippen LogP contribution in [-0.4, -0.2) is 33.3 Å². The minimum absolute atomic E-state index is 0.0496. The Balaban J connectivity index is 2.11. The fourth-order valence-corrected chi connectivity index (χ4v) is 2.94. The summed E-state index contributed by atoms with van der Waals surface area (Å²) >= 11 is 0. The minimum atomic E-state index is -3.84. The summed E-state index contributed by atoms with van der Waals surface area (Å²) in [4.78, 5) is 12.7. The molecule has 1 N–H and O–H groups in total. The molecular formula is C18H19N2O6S-. The molecule has 0 aromatic heterocycles. The molecule has 0 heterocycles. The Morgan fingerprint density at radius 2 is 1.81 bits per heavy atom. The second kappa shape index (κ2) is 9.04. The summed E-state index contributed by atoms with van der Waals surface area (Å²) in [5.41, 5.74) is 0.948. The van der Waals surface area contributed by atoms with Gasteiger partial charge in [0.05, 0.1) is 23.2 Å². The lowest BCUT2D eigenvalue weighted by Gasteiger charge is -2.09. The van der Waals surface area contributed by atoms with Gasteiger partial charge in [-0.2, -0.15) is 18.4 Å². The molecule has 2 aromatic carbocycles. The van der Waals surface area contributed by atoms with Crippen LogP contribution in [0.3, 0.4) is 0 Å². The highest BCUT2D eigenvalue weighted by atomic mass is 32.2. The van der Waals surface area contributed by atoms with Crippen LogP contribution in [-0.2, 0) is 14.8 Å². The van der Waals surface area contributed by atoms with E-state index >= 15 is 0 Å². The Bertz CT molecular complexity index is 923. The van der Waals surface area contributed by atoms with E-state index in [-0.39, 0.29) is 4.90 Å². The summed E-state index contributed by atoms with van der Waals surface area (Å²) in [7, 11) is -3.84. The maximum atomic E-state index is 12.3. The Kier molecular flexibility index (Phi) is 6.78. The zero-order valence-electron chi connectivity index (χ0n) is 14.8. The van der Waals surface area contributed by atoms with E-state index in [4.69, 9.17) is 9.47 Å². The van der Waals surface area contributed by atoms with E-state index < -0.39 is 22.6 Å². The van der Waals surface area contributed by atoms with E-state index in [2.05, 4.69) is 9.93 Å². The highest BCUT2D eigenvalue weighted by Crippen LogP contribution is 2.17. The van der Waals surface area contributed by atoms with Crippen LogP contribution in [0.25, 0.3) is 0 Å². The van der Waals surface area contributed by atoms with Gasteiger partial charge in [-0.05, 0) is 50.2 Å². The maximum Gasteiger partial charge on any atom is 0.276 e. The third-order valence-corrected chi connectivity index (χ3v) is 4.61. The number of sulfonamides is 1. The monoisotopic (exact) mass is 391 g/mol. The molecule has 0 radical (unpaired) electrons. The third kappa shape index (κ3) is 6.00. The third-order valence-electron chi connectivity index (χ3n) is 3.39. The minimum Gasteiger partial charge on any atom is -0.546 e. The topological polar surface area (TPSA) is 117 Å². The number of ether oxygens (including phenoxy) is 2. The van der Waals surface area contributed by atoms with Crippen LogP contribution in [0.2, 0.25) is 0 Å². The molecule has 0 unspecified atom stereocenters. The van der Waals surface area contributed by atoms with Gasteiger partial charge < -0.3 is 19.4 Å². The molecule has 0 fully saturated rings. The number of carboxylic acid groups (broad SMARTS) is 1. The number of carbonyl (C=O) groups excluding carboxylic acids is 1. The molecule has 2 rings (SSSR count). The van der Waals surface area contributed by atoms with Gasteiger partial charge in [0, 0.05) is 5.56 Å². The Labute approximate surface area is 157 Å². The van der Waals surface area contributed by atoms with E-state index in [1.54, 1.807) is 43.3 Å². The van der Waals surface area contributed by atoms with Crippen LogP contribution in [0.5, 0.6) is 11.5 Å². The van der Waals surface area contributed by atoms with Crippen molar-refractivity contribution in [1.29, 1.82) is 0 Å². The molecule has 2 aromatic rings. The zero-order chi connectivity index (χ0) is 19.9. The fraction of sp³-hybridized carbons (Fsp3) is 0.222. The summed E-state index contributed by atoms with van der Waals surface area (Å²) in [6.07, 6.45) is 0. The molecule has 8 nitrogen and oxygen atoms in total. The highest BCUT2D eigenvalue weighted by molar-refractivity contribution is 7.89. The van der Waals surface area contributed by atoms with Crippen molar-refractivity contribution >= 4 is 21.7 Å². The SMILES string of the molecule is CCOc1ccc(S(=O)(=O)N/N=C(/C)c2cccc(OCC(=O)[O-])c2)cc1. The van der Waals surface area contributed by atoms with E-state index in [1.165, 1.54) is 12.1 Å². The van der Waals surface area contributed by atoms with E-state index in [0.717, 1.165) is 0 Å². The predicted molar refractivity (Wildman–Crippen MR) is 97.1 cm³/mol. The smallest absolute Gasteiger partial charge is 0.276 e. The van der Waals surface area contributed by atoms with Crippen molar-refractivity contribution in [3.05, 3.63) is 54.1 Å². The van der Waals surface area contributed by atoms with Crippen LogP contribution in [0.1, 0.15) is 19.4 Å². The second-order valence-corrected chi connectivity index (χ2v) is 7.05. The number of hydrogen-bond donors (Lipinski definition) is 1. The van der Waals surface area contributed by atoms with Crippen LogP contribution < -0.4 is 19.4 Å². The standard InChI is InChI=1S/C18H20N2O6S/c1-3-25-15-7-9-17(10-8-15)27(23,24)20-19-13(2)14-5-4-6-16(11-14)26-12-18(21)22/h4-11,20H,3,12H2,1-2H3,(H,21,22)/p-1/b19-13-. The molecule has 0 saturated carbocycles. The molecular weight excluding hydrogens is 372 g/mol. The lowest BCUT2D eigenvalue weighted by molar-refractivity contribution is -0.307. The number of nitrogens with zero attached hydrogens (tertiary/aromatic N) is 1. The lowest BCUT2D eigenvalue weighted by Crippen LogP contribution is -2.28. The molecule has 0 aliphatic heterocycles. The average molecular weight is 391 g/mol. The van der Waals surface area contributed by atoms with Crippen LogP contribution in [0.15, 0.2) is 58.5 Å². The number of benzene rings is 2. The van der Waals surface area contributed by atoms with E-state index in [9.17, 15) is 18.3 Å². The van der Waals surface area contributed by atoms with Crippen LogP contribution in [0.4, 0.5) is 0 Å². The number of carbonyl (C=O) groups is 1. The number of nitrogens with one attached hydrogen (secondary N) is 1. The Hall–Kier alpha value is -3.07. The van der Waals surface area contributed by atoms with Crippen LogP contribution >= 0.6 is 0 Å². The molecule has 0 bridgehead atoms. The molecule has 9 heteroatoms. The number of rotatable bonds is 9. The van der Waals surface area contributed by atoms with E-state index in [0.29, 0.717) is 29.4 Å². The van der Waals surface area contributed by atoms with Crippen molar-refractivity contribution in [3.63, 3.8) is 0 Å². The summed E-state index contributed by atoms with van der Waals surface area (Å²) in [6, 6.07) is 12.4. The molecule has 0 amide bonds. The number of hydrogen-bond acceptors (Lipinski definition) is 7. The van der Waals surface area contributed by atoms with Crippen molar-refractivity contribution in [2.75, 3.05) is 13.2 Å². The second-order valence-electron chi connectivity index (χ2n) is 5.38. The van der Waals surface area contributed by atoms with Gasteiger partial charge in [-0.25, -0.2) is 0 Å². The quantitative estimate of drug-likeness (QED) is 0.502. The van der Waals surface area contributed by atoms with Gasteiger partial charge >= 0.3 is 0 Å². The molecule has 0 spiro atoms. The predicted octanol–water partition coefficient (Wildman–Crippen LogP) is 0.916. The van der Waals surface area contributed by atoms with Crippen molar-refractivity contribution < 1.29 is 27.8 Å². The molecule has 0 saturated heterocycles. The molecule has 0 atom stereocenters. The zero-order valence-corrected chi connectivity index (χ0v) is 15.7. The average Bonchev–Trinajstić information content (AvgIpc) is 2.65. The van der Waals surface area contributed by atoms with Gasteiger partial charge in [-0.15, -0.1) is 0 Å². The molecule has 0 aliphatic rings. The Morgan fingerprint density at radius 3 is 2.44 bits per heavy atom. The molecule has 27 heavy (non-hydrogen) atoms. The number of hydrazone groups is 1. The maximum absolute atomic E-state index is 12.3. The van der Waals surface area contributed by atoms with Gasteiger partial charge in [0.25, 0.3) is 10.0 Å². The summed E-state index contributed by atoms with van der Waals surface area (Å²) in [5.74, 6) is -0.459. The highest BCUT2D eigenvalue weighted by Gasteiger charge is 2.13. The number of aliphatic carboxylic acids is 1. The first-order valence-corrected chi connectivity index (χ1v) is 9.52. The summed E-state index contributed by atoms with van der Waals surface area (Å²) < 4.78 is 35.0. The first-order chi connectivity index (χ1) is 12.8. The van der Waals surface area contributed by atoms with Crippen molar-refractivity contribution in [2.24, 2.45) is 5.10 Å². The Morgan fingerprint density at radius 1 is 1.11 bits per heavy atom. The van der Waals surface area contributed by atoms with Crippen LogP contribution in [0, 0.1) is 0 Å².